The monoisotopic (exact) mass is 162 g/mol. The van der Waals surface area contributed by atoms with Crippen LogP contribution in [0.2, 0.25) is 0 Å². The zero-order valence-corrected chi connectivity index (χ0v) is 7.53. The first-order valence-electron chi connectivity index (χ1n) is 3.33. The molecule has 0 rings (SSSR count). The Hall–Kier alpha value is -0.0200. The second kappa shape index (κ2) is 5.74. The summed E-state index contributed by atoms with van der Waals surface area (Å²) in [6.45, 7) is 3.59. The summed E-state index contributed by atoms with van der Waals surface area (Å²) in [5.74, 6) is 0.865. The molecule has 0 bridgehead atoms. The minimum absolute atomic E-state index is 0.184. The summed E-state index contributed by atoms with van der Waals surface area (Å²) in [4.78, 5) is 10.4. The van der Waals surface area contributed by atoms with Gasteiger partial charge in [-0.1, -0.05) is 11.8 Å². The van der Waals surface area contributed by atoms with Gasteiger partial charge in [-0.25, -0.2) is 0 Å². The van der Waals surface area contributed by atoms with Gasteiger partial charge >= 0.3 is 0 Å². The number of hydrogen-bond donors (Lipinski definition) is 0. The van der Waals surface area contributed by atoms with Gasteiger partial charge in [0.2, 0.25) is 0 Å². The Bertz CT molecular complexity index is 104. The number of hydrogen-bond acceptors (Lipinski definition) is 3. The molecule has 0 aliphatic rings. The minimum atomic E-state index is 0.184. The minimum Gasteiger partial charge on any atom is -0.382 e. The Labute approximate surface area is 66.3 Å². The molecule has 0 aromatic rings. The maximum absolute atomic E-state index is 10.4. The van der Waals surface area contributed by atoms with Crippen LogP contribution in [0.25, 0.3) is 0 Å². The Balaban J connectivity index is 3.11. The molecule has 60 valence electrons. The lowest BCUT2D eigenvalue weighted by atomic mass is 10.3. The fraction of sp³-hybridized carbons (Fsp3) is 0.857. The first-order chi connectivity index (χ1) is 4.66. The van der Waals surface area contributed by atoms with Gasteiger partial charge in [0, 0.05) is 19.8 Å². The standard InChI is InChI=1S/C7H14O2S/c1-6(9-3)4-5-10-7(2)8/h6H,4-5H2,1-3H3. The molecular weight excluding hydrogens is 148 g/mol. The van der Waals surface area contributed by atoms with Gasteiger partial charge in [0.15, 0.2) is 5.12 Å². The molecular formula is C7H14O2S. The molecule has 0 saturated heterocycles. The summed E-state index contributed by atoms with van der Waals surface area (Å²) in [5, 5.41) is 0.184. The maximum Gasteiger partial charge on any atom is 0.185 e. The molecule has 0 aliphatic carbocycles. The molecule has 0 aromatic heterocycles. The van der Waals surface area contributed by atoms with E-state index in [2.05, 4.69) is 0 Å². The highest BCUT2D eigenvalue weighted by Gasteiger charge is 1.99. The van der Waals surface area contributed by atoms with Crippen molar-refractivity contribution in [2.75, 3.05) is 12.9 Å². The molecule has 3 heteroatoms. The smallest absolute Gasteiger partial charge is 0.185 e. The summed E-state index contributed by atoms with van der Waals surface area (Å²) < 4.78 is 5.01. The molecule has 0 fully saturated rings. The van der Waals surface area contributed by atoms with Crippen LogP contribution in [-0.4, -0.2) is 24.1 Å². The van der Waals surface area contributed by atoms with Crippen molar-refractivity contribution < 1.29 is 9.53 Å². The second-order valence-electron chi connectivity index (χ2n) is 2.18. The summed E-state index contributed by atoms with van der Waals surface area (Å²) in [6, 6.07) is 0. The van der Waals surface area contributed by atoms with Gasteiger partial charge in [-0.3, -0.25) is 4.79 Å². The topological polar surface area (TPSA) is 26.3 Å². The average Bonchev–Trinajstić information content (AvgIpc) is 1.87. The van der Waals surface area contributed by atoms with Crippen LogP contribution in [-0.2, 0) is 9.53 Å². The molecule has 0 saturated carbocycles. The van der Waals surface area contributed by atoms with E-state index >= 15 is 0 Å². The van der Waals surface area contributed by atoms with Crippen LogP contribution in [0.3, 0.4) is 0 Å². The van der Waals surface area contributed by atoms with Crippen LogP contribution in [0.15, 0.2) is 0 Å². The van der Waals surface area contributed by atoms with E-state index in [1.807, 2.05) is 6.92 Å². The van der Waals surface area contributed by atoms with Crippen LogP contribution in [0.1, 0.15) is 20.3 Å². The van der Waals surface area contributed by atoms with Crippen molar-refractivity contribution in [1.82, 2.24) is 0 Å². The molecule has 2 nitrogen and oxygen atoms in total. The molecule has 0 N–H and O–H groups in total. The largest absolute Gasteiger partial charge is 0.382 e. The predicted octanol–water partition coefficient (Wildman–Crippen LogP) is 1.69. The molecule has 10 heavy (non-hydrogen) atoms. The fourth-order valence-corrected chi connectivity index (χ4v) is 1.22. The van der Waals surface area contributed by atoms with Crippen LogP contribution < -0.4 is 0 Å². The average molecular weight is 162 g/mol. The van der Waals surface area contributed by atoms with E-state index in [1.54, 1.807) is 14.0 Å². The van der Waals surface area contributed by atoms with Gasteiger partial charge in [0.05, 0.1) is 6.10 Å². The lowest BCUT2D eigenvalue weighted by molar-refractivity contribution is -0.109. The number of ether oxygens (including phenoxy) is 1. The van der Waals surface area contributed by atoms with Gasteiger partial charge in [0.25, 0.3) is 0 Å². The normalized spacial score (nSPS) is 13.1. The van der Waals surface area contributed by atoms with Crippen molar-refractivity contribution in [3.8, 4) is 0 Å². The van der Waals surface area contributed by atoms with Crippen LogP contribution in [0.4, 0.5) is 0 Å². The molecule has 0 spiro atoms. The first-order valence-corrected chi connectivity index (χ1v) is 4.31. The quantitative estimate of drug-likeness (QED) is 0.629. The first kappa shape index (κ1) is 9.98. The maximum atomic E-state index is 10.4. The number of methoxy groups -OCH3 is 1. The van der Waals surface area contributed by atoms with E-state index in [0.717, 1.165) is 12.2 Å². The SMILES string of the molecule is COC(C)CCSC(C)=O. The van der Waals surface area contributed by atoms with Gasteiger partial charge in [-0.05, 0) is 13.3 Å². The van der Waals surface area contributed by atoms with Gasteiger partial charge in [0.1, 0.15) is 0 Å². The van der Waals surface area contributed by atoms with Crippen LogP contribution in [0, 0.1) is 0 Å². The lowest BCUT2D eigenvalue weighted by Gasteiger charge is -2.06. The summed E-state index contributed by atoms with van der Waals surface area (Å²) in [7, 11) is 1.68. The van der Waals surface area contributed by atoms with Crippen molar-refractivity contribution in [2.24, 2.45) is 0 Å². The van der Waals surface area contributed by atoms with Gasteiger partial charge in [-0.15, -0.1) is 0 Å². The Morgan fingerprint density at radius 1 is 1.70 bits per heavy atom. The van der Waals surface area contributed by atoms with E-state index in [-0.39, 0.29) is 11.2 Å². The third-order valence-electron chi connectivity index (χ3n) is 1.23. The highest BCUT2D eigenvalue weighted by atomic mass is 32.2. The third-order valence-corrected chi connectivity index (χ3v) is 2.08. The zero-order chi connectivity index (χ0) is 7.98. The second-order valence-corrected chi connectivity index (χ2v) is 3.45. The Morgan fingerprint density at radius 3 is 2.70 bits per heavy atom. The van der Waals surface area contributed by atoms with Gasteiger partial charge in [-0.2, -0.15) is 0 Å². The number of thioether (sulfide) groups is 1. The molecule has 0 aromatic carbocycles. The molecule has 0 heterocycles. The Kier molecular flexibility index (Phi) is 5.73. The highest BCUT2D eigenvalue weighted by Crippen LogP contribution is 2.06. The fourth-order valence-electron chi connectivity index (χ4n) is 0.486. The van der Waals surface area contributed by atoms with E-state index in [1.165, 1.54) is 11.8 Å². The summed E-state index contributed by atoms with van der Waals surface area (Å²) in [5.41, 5.74) is 0. The molecule has 0 radical (unpaired) electrons. The highest BCUT2D eigenvalue weighted by molar-refractivity contribution is 8.13. The number of carbonyl (C=O) groups excluding carboxylic acids is 1. The van der Waals surface area contributed by atoms with Crippen LogP contribution in [0.5, 0.6) is 0 Å². The molecule has 1 atom stereocenters. The van der Waals surface area contributed by atoms with E-state index < -0.39 is 0 Å². The Morgan fingerprint density at radius 2 is 2.30 bits per heavy atom. The van der Waals surface area contributed by atoms with Crippen molar-refractivity contribution in [3.63, 3.8) is 0 Å². The number of rotatable bonds is 4. The van der Waals surface area contributed by atoms with Crippen molar-refractivity contribution in [3.05, 3.63) is 0 Å². The summed E-state index contributed by atoms with van der Waals surface area (Å²) >= 11 is 1.36. The zero-order valence-electron chi connectivity index (χ0n) is 6.72. The van der Waals surface area contributed by atoms with Gasteiger partial charge < -0.3 is 4.74 Å². The van der Waals surface area contributed by atoms with Crippen molar-refractivity contribution in [2.45, 2.75) is 26.4 Å². The van der Waals surface area contributed by atoms with E-state index in [4.69, 9.17) is 4.74 Å². The summed E-state index contributed by atoms with van der Waals surface area (Å²) in [6.07, 6.45) is 1.22. The number of carbonyl (C=O) groups is 1. The lowest BCUT2D eigenvalue weighted by Crippen LogP contribution is -2.05. The predicted molar refractivity (Wildman–Crippen MR) is 44.2 cm³/mol. The molecule has 1 unspecified atom stereocenters. The van der Waals surface area contributed by atoms with E-state index in [0.29, 0.717) is 0 Å². The molecule has 0 amide bonds. The molecule has 0 aliphatic heterocycles. The van der Waals surface area contributed by atoms with Crippen molar-refractivity contribution >= 4 is 16.9 Å². The van der Waals surface area contributed by atoms with Crippen molar-refractivity contribution in [1.29, 1.82) is 0 Å². The third kappa shape index (κ3) is 6.11. The van der Waals surface area contributed by atoms with E-state index in [9.17, 15) is 4.79 Å². The van der Waals surface area contributed by atoms with Crippen LogP contribution >= 0.6 is 11.8 Å².